The molecule has 0 saturated carbocycles. The van der Waals surface area contributed by atoms with Gasteiger partial charge >= 0.3 is 0 Å². The summed E-state index contributed by atoms with van der Waals surface area (Å²) in [6.07, 6.45) is 0.943. The number of phenols is 1. The van der Waals surface area contributed by atoms with Gasteiger partial charge in [0, 0.05) is 33.6 Å². The number of rotatable bonds is 3. The van der Waals surface area contributed by atoms with Crippen molar-refractivity contribution < 1.29 is 9.90 Å². The van der Waals surface area contributed by atoms with Crippen molar-refractivity contribution in [1.29, 1.82) is 0 Å². The number of hydrogen-bond acceptors (Lipinski definition) is 5. The molecule has 2 aromatic carbocycles. The highest BCUT2D eigenvalue weighted by atomic mass is 35.5. The lowest BCUT2D eigenvalue weighted by Crippen LogP contribution is -2.34. The zero-order valence-corrected chi connectivity index (χ0v) is 19.7. The molecule has 5 rings (SSSR count). The molecular weight excluding hydrogens is 456 g/mol. The van der Waals surface area contributed by atoms with Crippen LogP contribution in [-0.4, -0.2) is 20.4 Å². The number of halogens is 1. The van der Waals surface area contributed by atoms with E-state index in [0.717, 1.165) is 11.3 Å². The van der Waals surface area contributed by atoms with E-state index in [4.69, 9.17) is 11.6 Å². The fourth-order valence-electron chi connectivity index (χ4n) is 4.33. The predicted molar refractivity (Wildman–Crippen MR) is 132 cm³/mol. The Morgan fingerprint density at radius 3 is 2.48 bits per heavy atom. The van der Waals surface area contributed by atoms with Crippen LogP contribution in [0.1, 0.15) is 36.3 Å². The number of thiazole rings is 1. The van der Waals surface area contributed by atoms with E-state index in [9.17, 15) is 14.7 Å². The van der Waals surface area contributed by atoms with Gasteiger partial charge in [-0.3, -0.25) is 14.2 Å². The Bertz CT molecular complexity index is 1450. The Hall–Kier alpha value is -3.22. The lowest BCUT2D eigenvalue weighted by Gasteiger charge is -2.32. The first-order chi connectivity index (χ1) is 15.7. The lowest BCUT2D eigenvalue weighted by atomic mass is 9.75. The van der Waals surface area contributed by atoms with Crippen LogP contribution in [0.4, 0.5) is 0 Å². The number of ketones is 1. The second-order valence-electron chi connectivity index (χ2n) is 9.03. The number of carbonyl (C=O) groups excluding carboxylic acids is 1. The summed E-state index contributed by atoms with van der Waals surface area (Å²) in [5.74, 6) is -0.0306. The number of phenolic OH excluding ortho intramolecular Hbond substituents is 1. The molecule has 5 nitrogen and oxygen atoms in total. The minimum absolute atomic E-state index is 0.0128. The Kier molecular flexibility index (Phi) is 5.22. The van der Waals surface area contributed by atoms with E-state index in [2.05, 4.69) is 4.98 Å². The van der Waals surface area contributed by atoms with Crippen molar-refractivity contribution in [3.63, 3.8) is 0 Å². The number of Topliss-reactive ketones (excluding diaryl/α,β-unsaturated/α-hetero) is 1. The summed E-state index contributed by atoms with van der Waals surface area (Å²) < 4.78 is 1.49. The number of para-hydroxylation sites is 2. The largest absolute Gasteiger partial charge is 0.506 e. The first kappa shape index (κ1) is 21.6. The van der Waals surface area contributed by atoms with Gasteiger partial charge in [0.05, 0.1) is 16.9 Å². The first-order valence-electron chi connectivity index (χ1n) is 10.6. The van der Waals surface area contributed by atoms with E-state index in [-0.39, 0.29) is 22.5 Å². The van der Waals surface area contributed by atoms with Crippen molar-refractivity contribution in [2.45, 2.75) is 26.7 Å². The summed E-state index contributed by atoms with van der Waals surface area (Å²) >= 11 is 7.34. The molecule has 7 heteroatoms. The lowest BCUT2D eigenvalue weighted by molar-refractivity contribution is 0.0909. The van der Waals surface area contributed by atoms with Crippen LogP contribution < -0.4 is 5.56 Å². The molecule has 33 heavy (non-hydrogen) atoms. The molecule has 0 amide bonds. The van der Waals surface area contributed by atoms with Crippen molar-refractivity contribution in [1.82, 2.24) is 9.55 Å². The van der Waals surface area contributed by atoms with Crippen molar-refractivity contribution >= 4 is 28.7 Å². The monoisotopic (exact) mass is 476 g/mol. The van der Waals surface area contributed by atoms with Crippen LogP contribution in [0.15, 0.2) is 64.8 Å². The molecule has 1 N–H and O–H groups in total. The second kappa shape index (κ2) is 7.97. The molecular formula is C26H21ClN2O3S. The molecule has 1 aliphatic rings. The normalized spacial score (nSPS) is 14.8. The van der Waals surface area contributed by atoms with E-state index in [0.29, 0.717) is 45.4 Å². The Morgan fingerprint density at radius 2 is 1.76 bits per heavy atom. The van der Waals surface area contributed by atoms with E-state index in [1.807, 2.05) is 31.4 Å². The highest BCUT2D eigenvalue weighted by Crippen LogP contribution is 2.38. The van der Waals surface area contributed by atoms with Gasteiger partial charge < -0.3 is 5.11 Å². The number of aromatic nitrogens is 2. The van der Waals surface area contributed by atoms with E-state index in [1.54, 1.807) is 42.5 Å². The average Bonchev–Trinajstić information content (AvgIpc) is 3.24. The minimum atomic E-state index is -0.308. The third-order valence-corrected chi connectivity index (χ3v) is 7.01. The van der Waals surface area contributed by atoms with Crippen LogP contribution in [0.3, 0.4) is 0 Å². The summed E-state index contributed by atoms with van der Waals surface area (Å²) in [7, 11) is 0. The Balaban J connectivity index is 1.74. The second-order valence-corrected chi connectivity index (χ2v) is 10.3. The summed E-state index contributed by atoms with van der Waals surface area (Å²) in [5, 5.41) is 13.6. The fraction of sp³-hybridized carbons (Fsp3) is 0.192. The summed E-state index contributed by atoms with van der Waals surface area (Å²) in [6, 6.07) is 15.7. The summed E-state index contributed by atoms with van der Waals surface area (Å²) in [4.78, 5) is 31.6. The van der Waals surface area contributed by atoms with Gasteiger partial charge in [-0.2, -0.15) is 0 Å². The highest BCUT2D eigenvalue weighted by molar-refractivity contribution is 7.13. The highest BCUT2D eigenvalue weighted by Gasteiger charge is 2.35. The van der Waals surface area contributed by atoms with Crippen molar-refractivity contribution in [3.05, 3.63) is 86.6 Å². The molecule has 0 unspecified atom stereocenters. The molecule has 0 saturated heterocycles. The van der Waals surface area contributed by atoms with Crippen LogP contribution >= 0.6 is 22.9 Å². The maximum atomic E-state index is 13.8. The smallest absolute Gasteiger partial charge is 0.265 e. The van der Waals surface area contributed by atoms with Gasteiger partial charge in [-0.05, 0) is 42.2 Å². The van der Waals surface area contributed by atoms with Crippen LogP contribution in [0.2, 0.25) is 5.02 Å². The maximum absolute atomic E-state index is 13.8. The number of pyridine rings is 1. The van der Waals surface area contributed by atoms with Crippen molar-refractivity contribution in [2.75, 3.05) is 0 Å². The molecule has 0 spiro atoms. The van der Waals surface area contributed by atoms with Gasteiger partial charge in [-0.1, -0.05) is 49.7 Å². The Morgan fingerprint density at radius 1 is 1.03 bits per heavy atom. The average molecular weight is 477 g/mol. The molecule has 0 fully saturated rings. The SMILES string of the molecule is CC1(C)CC(=O)c2cc(-c3nc(-c4ccc(Cl)cc4)cs3)c(=O)n(-c3ccccc3O)c2C1. The maximum Gasteiger partial charge on any atom is 0.265 e. The van der Waals surface area contributed by atoms with Crippen molar-refractivity contribution in [3.8, 4) is 33.3 Å². The zero-order chi connectivity index (χ0) is 23.3. The van der Waals surface area contributed by atoms with Gasteiger partial charge in [0.1, 0.15) is 10.8 Å². The molecule has 4 aromatic rings. The zero-order valence-electron chi connectivity index (χ0n) is 18.1. The van der Waals surface area contributed by atoms with Gasteiger partial charge in [0.2, 0.25) is 0 Å². The number of carbonyl (C=O) groups is 1. The molecule has 2 aromatic heterocycles. The van der Waals surface area contributed by atoms with Crippen LogP contribution in [-0.2, 0) is 6.42 Å². The van der Waals surface area contributed by atoms with Gasteiger partial charge in [0.25, 0.3) is 5.56 Å². The standard InChI is InChI=1S/C26H21ClN2O3S/c1-26(2)12-21-17(23(31)13-26)11-18(25(32)29(21)20-5-3-4-6-22(20)30)24-28-19(14-33-24)15-7-9-16(27)10-8-15/h3-11,14,30H,12-13H2,1-2H3. The first-order valence-corrected chi connectivity index (χ1v) is 11.8. The van der Waals surface area contributed by atoms with Crippen LogP contribution in [0, 0.1) is 5.41 Å². The minimum Gasteiger partial charge on any atom is -0.506 e. The summed E-state index contributed by atoms with van der Waals surface area (Å²) in [6.45, 7) is 4.03. The van der Waals surface area contributed by atoms with Crippen LogP contribution in [0.5, 0.6) is 5.75 Å². The third-order valence-electron chi connectivity index (χ3n) is 5.89. The number of hydrogen-bond donors (Lipinski definition) is 1. The molecule has 0 aliphatic heterocycles. The molecule has 0 atom stereocenters. The quantitative estimate of drug-likeness (QED) is 0.385. The van der Waals surface area contributed by atoms with Gasteiger partial charge in [0.15, 0.2) is 5.78 Å². The van der Waals surface area contributed by atoms with Gasteiger partial charge in [-0.15, -0.1) is 11.3 Å². The predicted octanol–water partition coefficient (Wildman–Crippen LogP) is 6.14. The van der Waals surface area contributed by atoms with Crippen LogP contribution in [0.25, 0.3) is 27.5 Å². The van der Waals surface area contributed by atoms with Crippen molar-refractivity contribution in [2.24, 2.45) is 5.41 Å². The molecule has 0 bridgehead atoms. The van der Waals surface area contributed by atoms with Gasteiger partial charge in [-0.25, -0.2) is 4.98 Å². The number of fused-ring (bicyclic) bond motifs is 1. The molecule has 1 aliphatic carbocycles. The van der Waals surface area contributed by atoms with E-state index in [1.165, 1.54) is 15.9 Å². The number of nitrogens with zero attached hydrogens (tertiary/aromatic N) is 2. The number of benzene rings is 2. The molecule has 2 heterocycles. The fourth-order valence-corrected chi connectivity index (χ4v) is 5.29. The molecule has 0 radical (unpaired) electrons. The Labute approximate surface area is 199 Å². The summed E-state index contributed by atoms with van der Waals surface area (Å²) in [5.41, 5.74) is 2.86. The third kappa shape index (κ3) is 3.90. The molecule has 166 valence electrons. The van der Waals surface area contributed by atoms with E-state index < -0.39 is 0 Å². The van der Waals surface area contributed by atoms with E-state index >= 15 is 0 Å². The topological polar surface area (TPSA) is 72.2 Å². The number of aromatic hydroxyl groups is 1.